The Hall–Kier alpha value is -1.09. The first kappa shape index (κ1) is 15.3. The second-order valence-corrected chi connectivity index (χ2v) is 5.82. The maximum atomic E-state index is 5.97. The van der Waals surface area contributed by atoms with Gasteiger partial charge in [0.1, 0.15) is 11.3 Å². The standard InChI is InChI=1S/C16H24ClN3/c1-5-16(6-2,7-3)20-14(8-9-17)19-13-10-12(4)11-18-15(13)20/h10-11H,5-9H2,1-4H3. The van der Waals surface area contributed by atoms with E-state index in [0.29, 0.717) is 5.88 Å². The molecule has 0 bridgehead atoms. The summed E-state index contributed by atoms with van der Waals surface area (Å²) in [5.74, 6) is 1.66. The molecule has 2 aromatic rings. The van der Waals surface area contributed by atoms with E-state index < -0.39 is 0 Å². The van der Waals surface area contributed by atoms with E-state index in [0.717, 1.165) is 48.2 Å². The Morgan fingerprint density at radius 3 is 2.40 bits per heavy atom. The molecule has 20 heavy (non-hydrogen) atoms. The fraction of sp³-hybridized carbons (Fsp3) is 0.625. The molecule has 0 amide bonds. The van der Waals surface area contributed by atoms with Crippen molar-refractivity contribution in [3.8, 4) is 0 Å². The van der Waals surface area contributed by atoms with Crippen molar-refractivity contribution < 1.29 is 0 Å². The Bertz CT molecular complexity index is 576. The van der Waals surface area contributed by atoms with Crippen molar-refractivity contribution in [2.24, 2.45) is 0 Å². The van der Waals surface area contributed by atoms with Crippen LogP contribution < -0.4 is 0 Å². The molecule has 0 saturated carbocycles. The van der Waals surface area contributed by atoms with Crippen LogP contribution in [0, 0.1) is 6.92 Å². The van der Waals surface area contributed by atoms with Gasteiger partial charge in [-0.05, 0) is 37.8 Å². The quantitative estimate of drug-likeness (QED) is 0.737. The molecule has 2 heterocycles. The van der Waals surface area contributed by atoms with Gasteiger partial charge in [0.25, 0.3) is 0 Å². The lowest BCUT2D eigenvalue weighted by Gasteiger charge is -2.34. The highest BCUT2D eigenvalue weighted by atomic mass is 35.5. The number of rotatable bonds is 6. The van der Waals surface area contributed by atoms with Gasteiger partial charge in [-0.25, -0.2) is 9.97 Å². The smallest absolute Gasteiger partial charge is 0.160 e. The van der Waals surface area contributed by atoms with Crippen molar-refractivity contribution in [3.05, 3.63) is 23.7 Å². The predicted octanol–water partition coefficient (Wildman–Crippen LogP) is 4.45. The van der Waals surface area contributed by atoms with E-state index in [4.69, 9.17) is 16.6 Å². The molecular weight excluding hydrogens is 270 g/mol. The number of imidazole rings is 1. The van der Waals surface area contributed by atoms with Crippen molar-refractivity contribution in [2.45, 2.75) is 58.9 Å². The summed E-state index contributed by atoms with van der Waals surface area (Å²) in [5, 5.41) is 0. The molecule has 110 valence electrons. The van der Waals surface area contributed by atoms with E-state index in [2.05, 4.69) is 43.3 Å². The van der Waals surface area contributed by atoms with Crippen LogP contribution in [0.25, 0.3) is 11.2 Å². The van der Waals surface area contributed by atoms with Gasteiger partial charge in [-0.1, -0.05) is 20.8 Å². The molecular formula is C16H24ClN3. The third-order valence-corrected chi connectivity index (χ3v) is 4.66. The average Bonchev–Trinajstić information content (AvgIpc) is 2.80. The van der Waals surface area contributed by atoms with Crippen LogP contribution in [0.4, 0.5) is 0 Å². The molecule has 0 atom stereocenters. The molecule has 2 aromatic heterocycles. The number of aromatic nitrogens is 3. The Morgan fingerprint density at radius 1 is 1.20 bits per heavy atom. The highest BCUT2D eigenvalue weighted by molar-refractivity contribution is 6.17. The highest BCUT2D eigenvalue weighted by Crippen LogP contribution is 2.34. The lowest BCUT2D eigenvalue weighted by atomic mass is 9.89. The first-order valence-electron chi connectivity index (χ1n) is 7.52. The van der Waals surface area contributed by atoms with Crippen LogP contribution in [0.5, 0.6) is 0 Å². The Morgan fingerprint density at radius 2 is 1.85 bits per heavy atom. The van der Waals surface area contributed by atoms with Gasteiger partial charge in [0.15, 0.2) is 5.65 Å². The highest BCUT2D eigenvalue weighted by Gasteiger charge is 2.31. The van der Waals surface area contributed by atoms with Crippen LogP contribution >= 0.6 is 11.6 Å². The summed E-state index contributed by atoms with van der Waals surface area (Å²) in [6.07, 6.45) is 5.96. The summed E-state index contributed by atoms with van der Waals surface area (Å²) in [7, 11) is 0. The first-order valence-corrected chi connectivity index (χ1v) is 8.05. The monoisotopic (exact) mass is 293 g/mol. The van der Waals surface area contributed by atoms with Crippen LogP contribution in [0.3, 0.4) is 0 Å². The number of pyridine rings is 1. The lowest BCUT2D eigenvalue weighted by Crippen LogP contribution is -2.33. The Labute approximate surface area is 126 Å². The minimum atomic E-state index is 0.0956. The Kier molecular flexibility index (Phi) is 4.69. The number of hydrogen-bond acceptors (Lipinski definition) is 2. The van der Waals surface area contributed by atoms with Crippen molar-refractivity contribution in [3.63, 3.8) is 0 Å². The number of aryl methyl sites for hydroxylation is 2. The van der Waals surface area contributed by atoms with Gasteiger partial charge in [-0.15, -0.1) is 11.6 Å². The topological polar surface area (TPSA) is 30.7 Å². The van der Waals surface area contributed by atoms with E-state index in [1.54, 1.807) is 0 Å². The molecule has 2 rings (SSSR count). The van der Waals surface area contributed by atoms with Gasteiger partial charge in [0, 0.05) is 24.0 Å². The third kappa shape index (κ3) is 2.44. The van der Waals surface area contributed by atoms with Crippen molar-refractivity contribution in [1.29, 1.82) is 0 Å². The van der Waals surface area contributed by atoms with Crippen LogP contribution in [0.1, 0.15) is 51.4 Å². The maximum absolute atomic E-state index is 5.97. The summed E-state index contributed by atoms with van der Waals surface area (Å²) in [5.41, 5.74) is 3.24. The zero-order chi connectivity index (χ0) is 14.8. The summed E-state index contributed by atoms with van der Waals surface area (Å²) < 4.78 is 2.35. The van der Waals surface area contributed by atoms with Gasteiger partial charge in [0.2, 0.25) is 0 Å². The third-order valence-electron chi connectivity index (χ3n) is 4.47. The molecule has 0 unspecified atom stereocenters. The fourth-order valence-corrected chi connectivity index (χ4v) is 3.26. The molecule has 0 aromatic carbocycles. The number of hydrogen-bond donors (Lipinski definition) is 0. The van der Waals surface area contributed by atoms with Gasteiger partial charge in [-0.3, -0.25) is 0 Å². The SMILES string of the molecule is CCC(CC)(CC)n1c(CCCl)nc2cc(C)cnc21. The average molecular weight is 294 g/mol. The molecule has 4 heteroatoms. The van der Waals surface area contributed by atoms with Crippen molar-refractivity contribution >= 4 is 22.8 Å². The molecule has 0 aliphatic rings. The molecule has 0 N–H and O–H groups in total. The van der Waals surface area contributed by atoms with E-state index in [1.165, 1.54) is 0 Å². The summed E-state index contributed by atoms with van der Waals surface area (Å²) in [6.45, 7) is 8.80. The second kappa shape index (κ2) is 6.13. The largest absolute Gasteiger partial charge is 0.306 e. The van der Waals surface area contributed by atoms with E-state index >= 15 is 0 Å². The van der Waals surface area contributed by atoms with Crippen molar-refractivity contribution in [2.75, 3.05) is 5.88 Å². The molecule has 0 fully saturated rings. The summed E-state index contributed by atoms with van der Waals surface area (Å²) >= 11 is 5.97. The number of nitrogens with zero attached hydrogens (tertiary/aromatic N) is 3. The number of halogens is 1. The molecule has 0 saturated heterocycles. The van der Waals surface area contributed by atoms with Crippen LogP contribution in [-0.4, -0.2) is 20.4 Å². The van der Waals surface area contributed by atoms with Gasteiger partial charge in [0.05, 0.1) is 0 Å². The molecule has 0 aliphatic carbocycles. The van der Waals surface area contributed by atoms with Crippen LogP contribution in [0.2, 0.25) is 0 Å². The summed E-state index contributed by atoms with van der Waals surface area (Å²) in [4.78, 5) is 9.44. The van der Waals surface area contributed by atoms with E-state index in [9.17, 15) is 0 Å². The zero-order valence-electron chi connectivity index (χ0n) is 12.9. The summed E-state index contributed by atoms with van der Waals surface area (Å²) in [6, 6.07) is 2.11. The minimum absolute atomic E-state index is 0.0956. The van der Waals surface area contributed by atoms with E-state index in [-0.39, 0.29) is 5.54 Å². The fourth-order valence-electron chi connectivity index (χ4n) is 3.09. The zero-order valence-corrected chi connectivity index (χ0v) is 13.7. The molecule has 0 radical (unpaired) electrons. The number of alkyl halides is 1. The van der Waals surface area contributed by atoms with Crippen LogP contribution in [0.15, 0.2) is 12.3 Å². The number of fused-ring (bicyclic) bond motifs is 1. The van der Waals surface area contributed by atoms with Crippen molar-refractivity contribution in [1.82, 2.24) is 14.5 Å². The first-order chi connectivity index (χ1) is 9.61. The van der Waals surface area contributed by atoms with Crippen LogP contribution in [-0.2, 0) is 12.0 Å². The maximum Gasteiger partial charge on any atom is 0.160 e. The Balaban J connectivity index is 2.73. The predicted molar refractivity (Wildman–Crippen MR) is 85.5 cm³/mol. The van der Waals surface area contributed by atoms with Gasteiger partial charge >= 0.3 is 0 Å². The molecule has 0 aliphatic heterocycles. The minimum Gasteiger partial charge on any atom is -0.306 e. The molecule has 3 nitrogen and oxygen atoms in total. The normalized spacial score (nSPS) is 12.2. The van der Waals surface area contributed by atoms with E-state index in [1.807, 2.05) is 6.20 Å². The second-order valence-electron chi connectivity index (χ2n) is 5.44. The lowest BCUT2D eigenvalue weighted by molar-refractivity contribution is 0.250. The van der Waals surface area contributed by atoms with Gasteiger partial charge in [-0.2, -0.15) is 0 Å². The van der Waals surface area contributed by atoms with Gasteiger partial charge < -0.3 is 4.57 Å². The molecule has 0 spiro atoms.